The molecule has 1 saturated heterocycles. The third-order valence-corrected chi connectivity index (χ3v) is 3.79. The minimum Gasteiger partial charge on any atom is -0.342 e. The zero-order valence-electron chi connectivity index (χ0n) is 11.1. The SMILES string of the molecule is CC(C)C(N)CC(=O)N1CCC(C(C)C)C1. The topological polar surface area (TPSA) is 46.3 Å². The molecule has 0 spiro atoms. The van der Waals surface area contributed by atoms with Gasteiger partial charge in [0.15, 0.2) is 0 Å². The Hall–Kier alpha value is -0.570. The van der Waals surface area contributed by atoms with Crippen LogP contribution in [0.25, 0.3) is 0 Å². The first-order valence-corrected chi connectivity index (χ1v) is 6.45. The predicted molar refractivity (Wildman–Crippen MR) is 67.0 cm³/mol. The Morgan fingerprint density at radius 2 is 2.00 bits per heavy atom. The van der Waals surface area contributed by atoms with Gasteiger partial charge in [-0.25, -0.2) is 0 Å². The number of amides is 1. The molecule has 2 unspecified atom stereocenters. The van der Waals surface area contributed by atoms with E-state index < -0.39 is 0 Å². The van der Waals surface area contributed by atoms with Crippen molar-refractivity contribution in [3.8, 4) is 0 Å². The number of hydrogen-bond acceptors (Lipinski definition) is 2. The summed E-state index contributed by atoms with van der Waals surface area (Å²) in [5.41, 5.74) is 5.93. The zero-order valence-corrected chi connectivity index (χ0v) is 11.1. The fraction of sp³-hybridized carbons (Fsp3) is 0.923. The predicted octanol–water partition coefficient (Wildman–Crippen LogP) is 1.86. The summed E-state index contributed by atoms with van der Waals surface area (Å²) in [4.78, 5) is 14.0. The molecule has 1 aliphatic rings. The van der Waals surface area contributed by atoms with Crippen LogP contribution in [0, 0.1) is 17.8 Å². The molecule has 16 heavy (non-hydrogen) atoms. The van der Waals surface area contributed by atoms with Crippen LogP contribution in [0.15, 0.2) is 0 Å². The monoisotopic (exact) mass is 226 g/mol. The van der Waals surface area contributed by atoms with Crippen LogP contribution >= 0.6 is 0 Å². The Balaban J connectivity index is 2.39. The van der Waals surface area contributed by atoms with Crippen molar-refractivity contribution in [1.82, 2.24) is 4.90 Å². The summed E-state index contributed by atoms with van der Waals surface area (Å²) in [5.74, 6) is 1.98. The van der Waals surface area contributed by atoms with E-state index in [4.69, 9.17) is 5.73 Å². The van der Waals surface area contributed by atoms with Crippen molar-refractivity contribution in [2.75, 3.05) is 13.1 Å². The number of nitrogens with zero attached hydrogens (tertiary/aromatic N) is 1. The lowest BCUT2D eigenvalue weighted by Crippen LogP contribution is -2.37. The maximum absolute atomic E-state index is 12.0. The lowest BCUT2D eigenvalue weighted by Gasteiger charge is -2.21. The summed E-state index contributed by atoms with van der Waals surface area (Å²) in [7, 11) is 0. The summed E-state index contributed by atoms with van der Waals surface area (Å²) in [6.45, 7) is 10.5. The number of rotatable bonds is 4. The molecule has 1 aliphatic heterocycles. The third-order valence-electron chi connectivity index (χ3n) is 3.79. The summed E-state index contributed by atoms with van der Waals surface area (Å²) < 4.78 is 0. The molecular formula is C13H26N2O. The van der Waals surface area contributed by atoms with Crippen LogP contribution in [-0.4, -0.2) is 29.9 Å². The number of carbonyl (C=O) groups excluding carboxylic acids is 1. The van der Waals surface area contributed by atoms with E-state index in [1.807, 2.05) is 4.90 Å². The van der Waals surface area contributed by atoms with Crippen LogP contribution < -0.4 is 5.73 Å². The van der Waals surface area contributed by atoms with E-state index in [9.17, 15) is 4.79 Å². The Bertz CT molecular complexity index is 238. The van der Waals surface area contributed by atoms with Crippen molar-refractivity contribution in [2.45, 2.75) is 46.6 Å². The maximum atomic E-state index is 12.0. The first kappa shape index (κ1) is 13.5. The van der Waals surface area contributed by atoms with Crippen molar-refractivity contribution < 1.29 is 4.79 Å². The smallest absolute Gasteiger partial charge is 0.224 e. The van der Waals surface area contributed by atoms with Gasteiger partial charge < -0.3 is 10.6 Å². The molecule has 2 atom stereocenters. The number of nitrogens with two attached hydrogens (primary N) is 1. The van der Waals surface area contributed by atoms with Crippen molar-refractivity contribution in [1.29, 1.82) is 0 Å². The highest BCUT2D eigenvalue weighted by Crippen LogP contribution is 2.24. The molecule has 0 aromatic rings. The second-order valence-electron chi connectivity index (χ2n) is 5.74. The van der Waals surface area contributed by atoms with Gasteiger partial charge in [0.2, 0.25) is 5.91 Å². The van der Waals surface area contributed by atoms with E-state index in [0.717, 1.165) is 19.5 Å². The Morgan fingerprint density at radius 3 is 2.44 bits per heavy atom. The van der Waals surface area contributed by atoms with Crippen LogP contribution in [0.2, 0.25) is 0 Å². The fourth-order valence-electron chi connectivity index (χ4n) is 2.12. The Morgan fingerprint density at radius 1 is 1.38 bits per heavy atom. The Labute approximate surface area is 99.4 Å². The first-order chi connectivity index (χ1) is 7.41. The standard InChI is InChI=1S/C13H26N2O/c1-9(2)11-5-6-15(8-11)13(16)7-12(14)10(3)4/h9-12H,5-8,14H2,1-4H3. The van der Waals surface area contributed by atoms with Crippen molar-refractivity contribution in [3.05, 3.63) is 0 Å². The molecule has 0 radical (unpaired) electrons. The van der Waals surface area contributed by atoms with Crippen molar-refractivity contribution in [2.24, 2.45) is 23.5 Å². The van der Waals surface area contributed by atoms with Gasteiger partial charge in [0.25, 0.3) is 0 Å². The van der Waals surface area contributed by atoms with E-state index in [2.05, 4.69) is 27.7 Å². The van der Waals surface area contributed by atoms with Crippen LogP contribution in [0.4, 0.5) is 0 Å². The van der Waals surface area contributed by atoms with Crippen LogP contribution in [-0.2, 0) is 4.79 Å². The largest absolute Gasteiger partial charge is 0.342 e. The summed E-state index contributed by atoms with van der Waals surface area (Å²) in [5, 5.41) is 0. The minimum atomic E-state index is 0.00519. The molecule has 3 nitrogen and oxygen atoms in total. The first-order valence-electron chi connectivity index (χ1n) is 6.45. The van der Waals surface area contributed by atoms with Crippen molar-refractivity contribution >= 4 is 5.91 Å². The maximum Gasteiger partial charge on any atom is 0.224 e. The second kappa shape index (κ2) is 5.67. The van der Waals surface area contributed by atoms with Gasteiger partial charge in [0, 0.05) is 25.6 Å². The minimum absolute atomic E-state index is 0.00519. The average molecular weight is 226 g/mol. The van der Waals surface area contributed by atoms with Gasteiger partial charge in [-0.3, -0.25) is 4.79 Å². The van der Waals surface area contributed by atoms with E-state index in [1.54, 1.807) is 0 Å². The van der Waals surface area contributed by atoms with Crippen LogP contribution in [0.1, 0.15) is 40.5 Å². The highest BCUT2D eigenvalue weighted by Gasteiger charge is 2.28. The van der Waals surface area contributed by atoms with Gasteiger partial charge in [-0.15, -0.1) is 0 Å². The lowest BCUT2D eigenvalue weighted by atomic mass is 9.95. The van der Waals surface area contributed by atoms with Gasteiger partial charge in [-0.1, -0.05) is 27.7 Å². The normalized spacial score (nSPS) is 23.2. The van der Waals surface area contributed by atoms with Gasteiger partial charge >= 0.3 is 0 Å². The summed E-state index contributed by atoms with van der Waals surface area (Å²) in [6.07, 6.45) is 1.66. The lowest BCUT2D eigenvalue weighted by molar-refractivity contribution is -0.130. The Kier molecular flexibility index (Phi) is 4.78. The molecule has 2 N–H and O–H groups in total. The van der Waals surface area contributed by atoms with Crippen LogP contribution in [0.5, 0.6) is 0 Å². The molecule has 1 amide bonds. The number of hydrogen-bond donors (Lipinski definition) is 1. The molecule has 1 rings (SSSR count). The second-order valence-corrected chi connectivity index (χ2v) is 5.74. The van der Waals surface area contributed by atoms with Gasteiger partial charge in [0.05, 0.1) is 0 Å². The number of carbonyl (C=O) groups is 1. The highest BCUT2D eigenvalue weighted by molar-refractivity contribution is 5.77. The van der Waals surface area contributed by atoms with Gasteiger partial charge in [-0.2, -0.15) is 0 Å². The average Bonchev–Trinajstić information content (AvgIpc) is 2.65. The van der Waals surface area contributed by atoms with E-state index in [1.165, 1.54) is 0 Å². The molecular weight excluding hydrogens is 200 g/mol. The molecule has 1 heterocycles. The van der Waals surface area contributed by atoms with Gasteiger partial charge in [-0.05, 0) is 24.2 Å². The molecule has 1 fully saturated rings. The molecule has 0 aliphatic carbocycles. The fourth-order valence-corrected chi connectivity index (χ4v) is 2.12. The zero-order chi connectivity index (χ0) is 12.3. The van der Waals surface area contributed by atoms with E-state index in [0.29, 0.717) is 24.2 Å². The van der Waals surface area contributed by atoms with E-state index >= 15 is 0 Å². The molecule has 0 aromatic heterocycles. The molecule has 0 bridgehead atoms. The molecule has 3 heteroatoms. The summed E-state index contributed by atoms with van der Waals surface area (Å²) in [6, 6.07) is 0.00519. The number of likely N-dealkylation sites (tertiary alicyclic amines) is 1. The van der Waals surface area contributed by atoms with E-state index in [-0.39, 0.29) is 11.9 Å². The molecule has 94 valence electrons. The van der Waals surface area contributed by atoms with Gasteiger partial charge in [0.1, 0.15) is 0 Å². The van der Waals surface area contributed by atoms with Crippen molar-refractivity contribution in [3.63, 3.8) is 0 Å². The third kappa shape index (κ3) is 3.48. The van der Waals surface area contributed by atoms with Crippen LogP contribution in [0.3, 0.4) is 0 Å². The molecule has 0 aromatic carbocycles. The molecule has 0 saturated carbocycles. The summed E-state index contributed by atoms with van der Waals surface area (Å²) >= 11 is 0. The highest BCUT2D eigenvalue weighted by atomic mass is 16.2. The quantitative estimate of drug-likeness (QED) is 0.795.